The summed E-state index contributed by atoms with van der Waals surface area (Å²) in [5.41, 5.74) is 0.848. The molecule has 0 aliphatic carbocycles. The van der Waals surface area contributed by atoms with Crippen molar-refractivity contribution in [2.45, 2.75) is 17.2 Å². The molecule has 0 aromatic heterocycles. The molecule has 0 atom stereocenters. The summed E-state index contributed by atoms with van der Waals surface area (Å²) in [5, 5.41) is 12.2. The molecular weight excluding hydrogens is 380 g/mol. The lowest BCUT2D eigenvalue weighted by molar-refractivity contribution is 0.235. The molecule has 2 N–H and O–H groups in total. The van der Waals surface area contributed by atoms with Crippen LogP contribution in [0.2, 0.25) is 0 Å². The largest absolute Gasteiger partial charge is 0.507 e. The first-order chi connectivity index (χ1) is 10.3. The van der Waals surface area contributed by atoms with Crippen molar-refractivity contribution in [3.63, 3.8) is 0 Å². The summed E-state index contributed by atoms with van der Waals surface area (Å²) >= 11 is 3.16. The van der Waals surface area contributed by atoms with Crippen LogP contribution in [0.5, 0.6) is 5.75 Å². The number of nitrogens with one attached hydrogen (secondary N) is 1. The molecule has 4 nitrogen and oxygen atoms in total. The zero-order valence-corrected chi connectivity index (χ0v) is 13.5. The summed E-state index contributed by atoms with van der Waals surface area (Å²) in [6.07, 6.45) is 0. The van der Waals surface area contributed by atoms with Crippen molar-refractivity contribution in [1.29, 1.82) is 0 Å². The fourth-order valence-corrected chi connectivity index (χ4v) is 3.15. The van der Waals surface area contributed by atoms with Gasteiger partial charge in [0, 0.05) is 6.54 Å². The van der Waals surface area contributed by atoms with Crippen LogP contribution in [0.1, 0.15) is 5.56 Å². The first-order valence-electron chi connectivity index (χ1n) is 6.14. The Morgan fingerprint density at radius 3 is 2.50 bits per heavy atom. The monoisotopic (exact) mass is 391 g/mol. The number of phenols is 1. The van der Waals surface area contributed by atoms with Gasteiger partial charge in [-0.25, -0.2) is 8.42 Å². The second-order valence-corrected chi connectivity index (χ2v) is 7.18. The number of phenolic OH excluding ortho intramolecular Hbond substituents is 1. The van der Waals surface area contributed by atoms with E-state index >= 15 is 0 Å². The van der Waals surface area contributed by atoms with Gasteiger partial charge in [-0.15, -0.1) is 0 Å². The lowest BCUT2D eigenvalue weighted by Gasteiger charge is -2.12. The summed E-state index contributed by atoms with van der Waals surface area (Å²) < 4.78 is 49.1. The minimum atomic E-state index is -4.67. The molecule has 118 valence electrons. The lowest BCUT2D eigenvalue weighted by Crippen LogP contribution is -2.14. The topological polar surface area (TPSA) is 66.4 Å². The van der Waals surface area contributed by atoms with E-state index < -0.39 is 20.5 Å². The molecule has 0 spiro atoms. The van der Waals surface area contributed by atoms with E-state index in [-0.39, 0.29) is 18.0 Å². The number of para-hydroxylation sites is 1. The summed E-state index contributed by atoms with van der Waals surface area (Å²) in [7, 11) is -4.67. The first kappa shape index (κ1) is 16.7. The highest BCUT2D eigenvalue weighted by atomic mass is 79.9. The van der Waals surface area contributed by atoms with E-state index in [9.17, 15) is 22.3 Å². The van der Waals surface area contributed by atoms with Crippen molar-refractivity contribution in [3.05, 3.63) is 52.5 Å². The number of rotatable bonds is 5. The maximum Gasteiger partial charge on any atom is 0.341 e. The van der Waals surface area contributed by atoms with Crippen LogP contribution in [0.15, 0.2) is 51.8 Å². The maximum absolute atomic E-state index is 12.7. The number of alkyl halides is 2. The van der Waals surface area contributed by atoms with Gasteiger partial charge in [0.1, 0.15) is 5.75 Å². The van der Waals surface area contributed by atoms with E-state index in [1.54, 1.807) is 18.2 Å². The zero-order valence-electron chi connectivity index (χ0n) is 11.1. The van der Waals surface area contributed by atoms with E-state index in [0.717, 1.165) is 11.6 Å². The van der Waals surface area contributed by atoms with Crippen LogP contribution < -0.4 is 5.32 Å². The molecule has 2 rings (SSSR count). The standard InChI is InChI=1S/C14H12BrF2NO3S/c15-10-7-9(5-6-12(10)19)8-18-11-3-1-2-4-13(11)22(20,21)14(16)17/h1-7,14,18-19H,8H2. The van der Waals surface area contributed by atoms with Crippen LogP contribution in [0, 0.1) is 0 Å². The van der Waals surface area contributed by atoms with Crippen LogP contribution in [-0.4, -0.2) is 19.3 Å². The van der Waals surface area contributed by atoms with E-state index in [0.29, 0.717) is 4.47 Å². The highest BCUT2D eigenvalue weighted by Gasteiger charge is 2.28. The van der Waals surface area contributed by atoms with Gasteiger partial charge in [-0.2, -0.15) is 8.78 Å². The summed E-state index contributed by atoms with van der Waals surface area (Å²) in [6, 6.07) is 10.3. The highest BCUT2D eigenvalue weighted by Crippen LogP contribution is 2.28. The number of benzene rings is 2. The van der Waals surface area contributed by atoms with Crippen molar-refractivity contribution in [3.8, 4) is 5.75 Å². The van der Waals surface area contributed by atoms with E-state index in [4.69, 9.17) is 0 Å². The molecule has 0 amide bonds. The Balaban J connectivity index is 2.26. The summed E-state index contributed by atoms with van der Waals surface area (Å²) in [6.45, 7) is 0.217. The molecule has 0 bridgehead atoms. The van der Waals surface area contributed by atoms with E-state index in [1.807, 2.05) is 0 Å². The van der Waals surface area contributed by atoms with E-state index in [2.05, 4.69) is 21.2 Å². The van der Waals surface area contributed by atoms with Crippen LogP contribution in [-0.2, 0) is 16.4 Å². The van der Waals surface area contributed by atoms with Gasteiger partial charge in [-0.05, 0) is 45.8 Å². The molecule has 0 saturated heterocycles. The Labute approximate surface area is 134 Å². The zero-order chi connectivity index (χ0) is 16.3. The average molecular weight is 392 g/mol. The molecule has 0 radical (unpaired) electrons. The van der Waals surface area contributed by atoms with Gasteiger partial charge >= 0.3 is 5.76 Å². The molecule has 8 heteroatoms. The summed E-state index contributed by atoms with van der Waals surface area (Å²) in [4.78, 5) is -0.442. The van der Waals surface area contributed by atoms with Crippen molar-refractivity contribution < 1.29 is 22.3 Å². The second-order valence-electron chi connectivity index (χ2n) is 4.44. The fourth-order valence-electron chi connectivity index (χ4n) is 1.81. The third-order valence-corrected chi connectivity index (χ3v) is 5.00. The highest BCUT2D eigenvalue weighted by molar-refractivity contribution is 9.10. The van der Waals surface area contributed by atoms with Crippen molar-refractivity contribution in [2.75, 3.05) is 5.32 Å². The average Bonchev–Trinajstić information content (AvgIpc) is 2.48. The number of anilines is 1. The molecule has 22 heavy (non-hydrogen) atoms. The van der Waals surface area contributed by atoms with Gasteiger partial charge in [0.05, 0.1) is 15.1 Å². The molecule has 2 aromatic rings. The first-order valence-corrected chi connectivity index (χ1v) is 8.48. The lowest BCUT2D eigenvalue weighted by atomic mass is 10.2. The molecule has 0 aliphatic heterocycles. The molecule has 0 fully saturated rings. The predicted octanol–water partition coefficient (Wildman–Crippen LogP) is 3.76. The Kier molecular flexibility index (Phi) is 5.02. The maximum atomic E-state index is 12.7. The number of sulfone groups is 1. The van der Waals surface area contributed by atoms with Gasteiger partial charge in [-0.1, -0.05) is 18.2 Å². The normalized spacial score (nSPS) is 11.6. The SMILES string of the molecule is O=S(=O)(c1ccccc1NCc1ccc(O)c(Br)c1)C(F)F. The Hall–Kier alpha value is -1.67. The van der Waals surface area contributed by atoms with Crippen molar-refractivity contribution in [1.82, 2.24) is 0 Å². The summed E-state index contributed by atoms with van der Waals surface area (Å²) in [5.74, 6) is -3.40. The molecule has 0 aliphatic rings. The van der Waals surface area contributed by atoms with Crippen molar-refractivity contribution >= 4 is 31.5 Å². The Morgan fingerprint density at radius 1 is 1.18 bits per heavy atom. The minimum absolute atomic E-state index is 0.0735. The van der Waals surface area contributed by atoms with Crippen LogP contribution in [0.25, 0.3) is 0 Å². The van der Waals surface area contributed by atoms with Gasteiger partial charge in [0.2, 0.25) is 9.84 Å². The van der Waals surface area contributed by atoms with Gasteiger partial charge in [0.15, 0.2) is 0 Å². The smallest absolute Gasteiger partial charge is 0.341 e. The second kappa shape index (κ2) is 6.62. The fraction of sp³-hybridized carbons (Fsp3) is 0.143. The number of hydrogen-bond acceptors (Lipinski definition) is 4. The van der Waals surface area contributed by atoms with Gasteiger partial charge in [-0.3, -0.25) is 0 Å². The van der Waals surface area contributed by atoms with Crippen LogP contribution in [0.3, 0.4) is 0 Å². The van der Waals surface area contributed by atoms with Crippen LogP contribution >= 0.6 is 15.9 Å². The Morgan fingerprint density at radius 2 is 1.86 bits per heavy atom. The predicted molar refractivity (Wildman–Crippen MR) is 82.8 cm³/mol. The van der Waals surface area contributed by atoms with Crippen LogP contribution in [0.4, 0.5) is 14.5 Å². The van der Waals surface area contributed by atoms with Crippen molar-refractivity contribution in [2.24, 2.45) is 0 Å². The number of hydrogen-bond donors (Lipinski definition) is 2. The molecule has 2 aromatic carbocycles. The molecular formula is C14H12BrF2NO3S. The number of aromatic hydroxyl groups is 1. The quantitative estimate of drug-likeness (QED) is 0.813. The van der Waals surface area contributed by atoms with E-state index in [1.165, 1.54) is 18.2 Å². The molecule has 0 heterocycles. The Bertz CT molecular complexity index is 781. The minimum Gasteiger partial charge on any atom is -0.507 e. The molecule has 0 unspecified atom stereocenters. The number of halogens is 3. The van der Waals surface area contributed by atoms with Gasteiger partial charge in [0.25, 0.3) is 0 Å². The van der Waals surface area contributed by atoms with Gasteiger partial charge < -0.3 is 10.4 Å². The molecule has 0 saturated carbocycles. The third-order valence-electron chi connectivity index (χ3n) is 2.92. The third kappa shape index (κ3) is 3.56.